The SMILES string of the molecule is C1=C[CH]([Hf][c]2ccccc2)c2ccccc21.F.F.F. The van der Waals surface area contributed by atoms with E-state index in [0.29, 0.717) is 0 Å². The summed E-state index contributed by atoms with van der Waals surface area (Å²) < 4.78 is 2.35. The van der Waals surface area contributed by atoms with Crippen LogP contribution in [0.3, 0.4) is 0 Å². The van der Waals surface area contributed by atoms with Gasteiger partial charge in [0.2, 0.25) is 0 Å². The van der Waals surface area contributed by atoms with E-state index in [0.717, 1.165) is 3.67 Å². The number of allylic oxidation sites excluding steroid dienone is 1. The van der Waals surface area contributed by atoms with Gasteiger partial charge in [0.05, 0.1) is 0 Å². The van der Waals surface area contributed by atoms with Crippen molar-refractivity contribution >= 4 is 9.40 Å². The molecule has 100 valence electrons. The Balaban J connectivity index is 0.00000108. The second kappa shape index (κ2) is 8.10. The van der Waals surface area contributed by atoms with E-state index in [9.17, 15) is 0 Å². The summed E-state index contributed by atoms with van der Waals surface area (Å²) in [6.45, 7) is 0. The van der Waals surface area contributed by atoms with Crippen molar-refractivity contribution in [3.63, 3.8) is 0 Å². The zero-order valence-corrected chi connectivity index (χ0v) is 13.7. The third kappa shape index (κ3) is 3.90. The van der Waals surface area contributed by atoms with Gasteiger partial charge in [0, 0.05) is 0 Å². The molecule has 1 aliphatic carbocycles. The molecule has 0 fully saturated rings. The summed E-state index contributed by atoms with van der Waals surface area (Å²) in [6.07, 6.45) is 4.69. The number of benzene rings is 2. The zero-order valence-electron chi connectivity index (χ0n) is 10.2. The molecule has 4 heteroatoms. The summed E-state index contributed by atoms with van der Waals surface area (Å²) in [4.78, 5) is 0. The molecular formula is C15H15F3Hf. The predicted octanol–water partition coefficient (Wildman–Crippen LogP) is 3.62. The van der Waals surface area contributed by atoms with Gasteiger partial charge in [-0.3, -0.25) is 14.1 Å². The molecule has 1 unspecified atom stereocenters. The topological polar surface area (TPSA) is 0 Å². The third-order valence-corrected chi connectivity index (χ3v) is 8.22. The van der Waals surface area contributed by atoms with Crippen LogP contribution in [-0.2, 0) is 22.9 Å². The average Bonchev–Trinajstić information content (AvgIpc) is 2.74. The molecule has 0 saturated heterocycles. The molecular weight excluding hydrogens is 416 g/mol. The maximum absolute atomic E-state index is 2.40. The first-order chi connectivity index (χ1) is 7.93. The van der Waals surface area contributed by atoms with Gasteiger partial charge in [-0.25, -0.2) is 0 Å². The molecule has 0 radical (unpaired) electrons. The minimum Gasteiger partial charge on any atom is -0.269 e. The Morgan fingerprint density at radius 1 is 0.737 bits per heavy atom. The van der Waals surface area contributed by atoms with E-state index in [-0.39, 0.29) is 14.1 Å². The fourth-order valence-corrected chi connectivity index (χ4v) is 6.96. The van der Waals surface area contributed by atoms with Crippen molar-refractivity contribution in [3.8, 4) is 0 Å². The van der Waals surface area contributed by atoms with Gasteiger partial charge in [-0.15, -0.1) is 0 Å². The van der Waals surface area contributed by atoms with Crippen molar-refractivity contribution in [1.82, 2.24) is 0 Å². The molecule has 1 aliphatic rings. The van der Waals surface area contributed by atoms with Gasteiger partial charge in [0.15, 0.2) is 0 Å². The molecule has 0 heterocycles. The van der Waals surface area contributed by atoms with Crippen LogP contribution in [0.4, 0.5) is 14.1 Å². The summed E-state index contributed by atoms with van der Waals surface area (Å²) in [7, 11) is 0. The molecule has 2 aromatic carbocycles. The van der Waals surface area contributed by atoms with Crippen molar-refractivity contribution in [2.24, 2.45) is 0 Å². The number of fused-ring (bicyclic) bond motifs is 1. The van der Waals surface area contributed by atoms with E-state index in [1.807, 2.05) is 0 Å². The molecule has 0 saturated carbocycles. The smallest absolute Gasteiger partial charge is 0.269 e. The third-order valence-electron chi connectivity index (χ3n) is 2.90. The van der Waals surface area contributed by atoms with Crippen LogP contribution in [0.2, 0.25) is 0 Å². The van der Waals surface area contributed by atoms with Gasteiger partial charge < -0.3 is 0 Å². The molecule has 0 aliphatic heterocycles. The first-order valence-electron chi connectivity index (χ1n) is 5.52. The number of halogens is 3. The summed E-state index contributed by atoms with van der Waals surface area (Å²) >= 11 is -0.765. The zero-order chi connectivity index (χ0) is 10.8. The van der Waals surface area contributed by atoms with Crippen LogP contribution in [0, 0.1) is 0 Å². The Bertz CT molecular complexity index is 526. The van der Waals surface area contributed by atoms with Crippen molar-refractivity contribution in [3.05, 3.63) is 71.8 Å². The largest absolute Gasteiger partial charge is 0.269 e. The fraction of sp³-hybridized carbons (Fsp3) is 0.0667. The molecule has 0 N–H and O–H groups in total. The van der Waals surface area contributed by atoms with Crippen molar-refractivity contribution in [1.29, 1.82) is 0 Å². The predicted molar refractivity (Wildman–Crippen MR) is 71.8 cm³/mol. The van der Waals surface area contributed by atoms with Gasteiger partial charge in [0.25, 0.3) is 0 Å². The molecule has 2 aromatic rings. The Morgan fingerprint density at radius 2 is 1.37 bits per heavy atom. The number of hydrogen-bond acceptors (Lipinski definition) is 0. The van der Waals surface area contributed by atoms with Gasteiger partial charge in [0.1, 0.15) is 0 Å². The average molecular weight is 431 g/mol. The quantitative estimate of drug-likeness (QED) is 0.639. The maximum Gasteiger partial charge on any atom is -0.269 e. The molecule has 0 amide bonds. The van der Waals surface area contributed by atoms with Crippen LogP contribution in [0.15, 0.2) is 60.7 Å². The fourth-order valence-electron chi connectivity index (χ4n) is 2.09. The molecule has 0 bridgehead atoms. The van der Waals surface area contributed by atoms with Gasteiger partial charge in [-0.2, -0.15) is 0 Å². The molecule has 19 heavy (non-hydrogen) atoms. The van der Waals surface area contributed by atoms with Gasteiger partial charge in [-0.05, 0) is 0 Å². The van der Waals surface area contributed by atoms with Gasteiger partial charge >= 0.3 is 108 Å². The van der Waals surface area contributed by atoms with E-state index in [1.54, 1.807) is 8.88 Å². The Hall–Kier alpha value is -1.16. The monoisotopic (exact) mass is 432 g/mol. The Labute approximate surface area is 122 Å². The summed E-state index contributed by atoms with van der Waals surface area (Å²) in [5, 5.41) is 0. The van der Waals surface area contributed by atoms with Crippen LogP contribution in [0.5, 0.6) is 0 Å². The van der Waals surface area contributed by atoms with Crippen molar-refractivity contribution in [2.75, 3.05) is 0 Å². The standard InChI is InChI=1S/C9H7.C6H5.3FH.Hf/c1-2-5-9-7-3-6-8(9)4-1;1-2-4-6-5-3-1;;;;/h1-7H;1-5H;3*1H;. The number of rotatable bonds is 2. The normalized spacial score (nSPS) is 14.4. The van der Waals surface area contributed by atoms with Gasteiger partial charge in [-0.1, -0.05) is 0 Å². The summed E-state index contributed by atoms with van der Waals surface area (Å²) in [5.41, 5.74) is 2.98. The molecule has 0 aromatic heterocycles. The molecule has 0 spiro atoms. The van der Waals surface area contributed by atoms with E-state index >= 15 is 0 Å². The van der Waals surface area contributed by atoms with Crippen LogP contribution in [0.1, 0.15) is 14.8 Å². The number of hydrogen-bond donors (Lipinski definition) is 0. The second-order valence-corrected chi connectivity index (χ2v) is 9.32. The van der Waals surface area contributed by atoms with E-state index in [4.69, 9.17) is 0 Å². The van der Waals surface area contributed by atoms with E-state index < -0.39 is 22.9 Å². The minimum atomic E-state index is -0.765. The van der Waals surface area contributed by atoms with E-state index in [2.05, 4.69) is 66.7 Å². The summed E-state index contributed by atoms with van der Waals surface area (Å²) in [6, 6.07) is 19.8. The van der Waals surface area contributed by atoms with Crippen LogP contribution >= 0.6 is 0 Å². The molecule has 1 atom stereocenters. The molecule has 3 rings (SSSR count). The van der Waals surface area contributed by atoms with Crippen molar-refractivity contribution < 1.29 is 37.0 Å². The first kappa shape index (κ1) is 17.8. The second-order valence-electron chi connectivity index (χ2n) is 3.98. The Kier molecular flexibility index (Phi) is 7.61. The first-order valence-corrected chi connectivity index (χ1v) is 9.39. The minimum absolute atomic E-state index is 0. The van der Waals surface area contributed by atoms with Crippen LogP contribution < -0.4 is 3.32 Å². The molecule has 0 nitrogen and oxygen atoms in total. The summed E-state index contributed by atoms with van der Waals surface area (Å²) in [5.74, 6) is 0. The van der Waals surface area contributed by atoms with E-state index in [1.165, 1.54) is 5.56 Å². The van der Waals surface area contributed by atoms with Crippen LogP contribution in [0.25, 0.3) is 6.08 Å². The van der Waals surface area contributed by atoms with Crippen molar-refractivity contribution in [2.45, 2.75) is 3.67 Å². The van der Waals surface area contributed by atoms with Crippen LogP contribution in [-0.4, -0.2) is 0 Å². The maximum atomic E-state index is 2.40. The Morgan fingerprint density at radius 3 is 2.11 bits per heavy atom.